The molecular weight excluding hydrogens is 214 g/mol. The van der Waals surface area contributed by atoms with E-state index in [9.17, 15) is 0 Å². The van der Waals surface area contributed by atoms with Crippen molar-refractivity contribution in [2.24, 2.45) is 24.1 Å². The summed E-state index contributed by atoms with van der Waals surface area (Å²) in [5.74, 6) is 1.90. The average molecular weight is 239 g/mol. The van der Waals surface area contributed by atoms with Crippen LogP contribution in [0.4, 0.5) is 5.95 Å². The molecule has 0 aliphatic carbocycles. The van der Waals surface area contributed by atoms with Crippen molar-refractivity contribution in [1.29, 1.82) is 0 Å². The summed E-state index contributed by atoms with van der Waals surface area (Å²) in [6, 6.07) is 0. The van der Waals surface area contributed by atoms with Crippen LogP contribution in [0.2, 0.25) is 0 Å². The van der Waals surface area contributed by atoms with E-state index in [0.717, 1.165) is 31.6 Å². The molecule has 0 aliphatic rings. The summed E-state index contributed by atoms with van der Waals surface area (Å²) in [6.07, 6.45) is 2.98. The van der Waals surface area contributed by atoms with Gasteiger partial charge in [-0.25, -0.2) is 4.68 Å². The van der Waals surface area contributed by atoms with Gasteiger partial charge in [0.15, 0.2) is 5.82 Å². The SMILES string of the molecule is Cn1nc(CCC(CCN)C(C)(C)C)nc1N. The number of aromatic nitrogens is 3. The lowest BCUT2D eigenvalue weighted by Crippen LogP contribution is -2.24. The van der Waals surface area contributed by atoms with Crippen LogP contribution in [0.3, 0.4) is 0 Å². The molecular formula is C12H25N5. The van der Waals surface area contributed by atoms with Crippen molar-refractivity contribution in [3.63, 3.8) is 0 Å². The van der Waals surface area contributed by atoms with Crippen LogP contribution in [0.5, 0.6) is 0 Å². The number of rotatable bonds is 5. The van der Waals surface area contributed by atoms with Gasteiger partial charge in [-0.2, -0.15) is 10.1 Å². The van der Waals surface area contributed by atoms with Gasteiger partial charge < -0.3 is 11.5 Å². The Morgan fingerprint density at radius 1 is 1.29 bits per heavy atom. The molecule has 0 bridgehead atoms. The summed E-state index contributed by atoms with van der Waals surface area (Å²) < 4.78 is 1.62. The molecule has 1 heterocycles. The van der Waals surface area contributed by atoms with Gasteiger partial charge in [-0.05, 0) is 30.7 Å². The maximum atomic E-state index is 5.67. The molecule has 1 rings (SSSR count). The molecule has 4 N–H and O–H groups in total. The number of anilines is 1. The third-order valence-corrected chi connectivity index (χ3v) is 3.30. The lowest BCUT2D eigenvalue weighted by Gasteiger charge is -2.30. The van der Waals surface area contributed by atoms with Gasteiger partial charge in [-0.1, -0.05) is 20.8 Å². The minimum Gasteiger partial charge on any atom is -0.368 e. The van der Waals surface area contributed by atoms with E-state index < -0.39 is 0 Å². The Kier molecular flexibility index (Phi) is 4.51. The van der Waals surface area contributed by atoms with Crippen molar-refractivity contribution in [2.75, 3.05) is 12.3 Å². The number of nitrogens with two attached hydrogens (primary N) is 2. The molecule has 5 heteroatoms. The fourth-order valence-electron chi connectivity index (χ4n) is 2.07. The average Bonchev–Trinajstić information content (AvgIpc) is 2.51. The lowest BCUT2D eigenvalue weighted by atomic mass is 9.76. The van der Waals surface area contributed by atoms with E-state index in [-0.39, 0.29) is 5.41 Å². The minimum absolute atomic E-state index is 0.277. The van der Waals surface area contributed by atoms with Crippen molar-refractivity contribution in [3.05, 3.63) is 5.82 Å². The maximum absolute atomic E-state index is 5.67. The summed E-state index contributed by atoms with van der Waals surface area (Å²) in [5, 5.41) is 4.27. The standard InChI is InChI=1S/C12H25N5/c1-12(2,3)9(7-8-13)5-6-10-15-11(14)17(4)16-10/h9H,5-8,13H2,1-4H3,(H2,14,15,16). The van der Waals surface area contributed by atoms with Crippen molar-refractivity contribution < 1.29 is 0 Å². The van der Waals surface area contributed by atoms with Crippen molar-refractivity contribution >= 4 is 5.95 Å². The first-order chi connectivity index (χ1) is 7.84. The Balaban J connectivity index is 2.57. The summed E-state index contributed by atoms with van der Waals surface area (Å²) >= 11 is 0. The van der Waals surface area contributed by atoms with Gasteiger partial charge in [0.1, 0.15) is 0 Å². The minimum atomic E-state index is 0.277. The lowest BCUT2D eigenvalue weighted by molar-refractivity contribution is 0.214. The van der Waals surface area contributed by atoms with E-state index in [1.165, 1.54) is 0 Å². The Morgan fingerprint density at radius 2 is 1.94 bits per heavy atom. The zero-order chi connectivity index (χ0) is 13.1. The molecule has 17 heavy (non-hydrogen) atoms. The van der Waals surface area contributed by atoms with E-state index in [4.69, 9.17) is 11.5 Å². The van der Waals surface area contributed by atoms with Crippen LogP contribution in [0.1, 0.15) is 39.4 Å². The van der Waals surface area contributed by atoms with Crippen molar-refractivity contribution in [3.8, 4) is 0 Å². The first-order valence-electron chi connectivity index (χ1n) is 6.20. The van der Waals surface area contributed by atoms with Gasteiger partial charge in [-0.15, -0.1) is 0 Å². The van der Waals surface area contributed by atoms with Crippen LogP contribution in [0.15, 0.2) is 0 Å². The number of nitrogen functional groups attached to an aromatic ring is 1. The zero-order valence-corrected chi connectivity index (χ0v) is 11.4. The van der Waals surface area contributed by atoms with Gasteiger partial charge >= 0.3 is 0 Å². The molecule has 5 nitrogen and oxygen atoms in total. The third kappa shape index (κ3) is 4.00. The Labute approximate surface area is 104 Å². The Hall–Kier alpha value is -1.10. The molecule has 0 spiro atoms. The fraction of sp³-hybridized carbons (Fsp3) is 0.833. The second kappa shape index (κ2) is 5.49. The zero-order valence-electron chi connectivity index (χ0n) is 11.4. The summed E-state index contributed by atoms with van der Waals surface area (Å²) in [5.41, 5.74) is 11.6. The highest BCUT2D eigenvalue weighted by molar-refractivity contribution is 5.15. The third-order valence-electron chi connectivity index (χ3n) is 3.30. The topological polar surface area (TPSA) is 82.8 Å². The highest BCUT2D eigenvalue weighted by Gasteiger charge is 2.24. The number of hydrogen-bond acceptors (Lipinski definition) is 4. The molecule has 0 radical (unpaired) electrons. The number of nitrogens with zero attached hydrogens (tertiary/aromatic N) is 3. The number of hydrogen-bond donors (Lipinski definition) is 2. The number of aryl methyl sites for hydroxylation is 2. The molecule has 1 unspecified atom stereocenters. The van der Waals surface area contributed by atoms with Gasteiger partial charge in [0, 0.05) is 13.5 Å². The van der Waals surface area contributed by atoms with E-state index in [1.807, 2.05) is 7.05 Å². The van der Waals surface area contributed by atoms with Crippen LogP contribution in [0.25, 0.3) is 0 Å². The molecule has 1 aromatic rings. The quantitative estimate of drug-likeness (QED) is 0.812. The molecule has 98 valence electrons. The molecule has 0 aliphatic heterocycles. The fourth-order valence-corrected chi connectivity index (χ4v) is 2.07. The highest BCUT2D eigenvalue weighted by atomic mass is 15.4. The van der Waals surface area contributed by atoms with Gasteiger partial charge in [-0.3, -0.25) is 0 Å². The van der Waals surface area contributed by atoms with E-state index in [1.54, 1.807) is 4.68 Å². The molecule has 1 atom stereocenters. The summed E-state index contributed by atoms with van der Waals surface area (Å²) in [4.78, 5) is 4.22. The predicted molar refractivity (Wildman–Crippen MR) is 70.4 cm³/mol. The van der Waals surface area contributed by atoms with Crippen LogP contribution >= 0.6 is 0 Å². The molecule has 0 amide bonds. The van der Waals surface area contributed by atoms with Crippen molar-refractivity contribution in [1.82, 2.24) is 14.8 Å². The first-order valence-corrected chi connectivity index (χ1v) is 6.20. The van der Waals surface area contributed by atoms with E-state index in [2.05, 4.69) is 30.9 Å². The van der Waals surface area contributed by atoms with Gasteiger partial charge in [0.2, 0.25) is 5.95 Å². The predicted octanol–water partition coefficient (Wildman–Crippen LogP) is 1.34. The van der Waals surface area contributed by atoms with E-state index in [0.29, 0.717) is 11.9 Å². The maximum Gasteiger partial charge on any atom is 0.218 e. The van der Waals surface area contributed by atoms with Crippen LogP contribution in [0, 0.1) is 11.3 Å². The molecule has 0 fully saturated rings. The van der Waals surface area contributed by atoms with Crippen molar-refractivity contribution in [2.45, 2.75) is 40.0 Å². The smallest absolute Gasteiger partial charge is 0.218 e. The largest absolute Gasteiger partial charge is 0.368 e. The highest BCUT2D eigenvalue weighted by Crippen LogP contribution is 2.31. The Morgan fingerprint density at radius 3 is 2.35 bits per heavy atom. The normalized spacial score (nSPS) is 13.9. The van der Waals surface area contributed by atoms with Gasteiger partial charge in [0.05, 0.1) is 0 Å². The molecule has 0 aromatic carbocycles. The summed E-state index contributed by atoms with van der Waals surface area (Å²) in [6.45, 7) is 7.51. The van der Waals surface area contributed by atoms with Crippen LogP contribution < -0.4 is 11.5 Å². The molecule has 0 saturated carbocycles. The van der Waals surface area contributed by atoms with Gasteiger partial charge in [0.25, 0.3) is 0 Å². The monoisotopic (exact) mass is 239 g/mol. The van der Waals surface area contributed by atoms with Crippen LogP contribution in [-0.2, 0) is 13.5 Å². The second-order valence-corrected chi connectivity index (χ2v) is 5.69. The molecule has 1 aromatic heterocycles. The van der Waals surface area contributed by atoms with E-state index >= 15 is 0 Å². The molecule has 0 saturated heterocycles. The second-order valence-electron chi connectivity index (χ2n) is 5.69. The Bertz CT molecular complexity index is 331. The first kappa shape index (κ1) is 14.0. The summed E-state index contributed by atoms with van der Waals surface area (Å²) in [7, 11) is 1.81. The van der Waals surface area contributed by atoms with Crippen LogP contribution in [-0.4, -0.2) is 21.3 Å².